The molecule has 0 radical (unpaired) electrons. The molecule has 0 bridgehead atoms. The van der Waals surface area contributed by atoms with Crippen LogP contribution in [0.1, 0.15) is 95.8 Å². The highest BCUT2D eigenvalue weighted by molar-refractivity contribution is 7.11. The maximum Gasteiger partial charge on any atom is 0.315 e. The van der Waals surface area contributed by atoms with Crippen molar-refractivity contribution in [2.75, 3.05) is 6.54 Å². The number of primary amides is 1. The molecule has 1 aliphatic heterocycles. The maximum atomic E-state index is 13.9. The highest BCUT2D eigenvalue weighted by Gasteiger charge is 2.69. The molecule has 2 heterocycles. The summed E-state index contributed by atoms with van der Waals surface area (Å²) in [5.74, 6) is -2.24. The first-order valence-electron chi connectivity index (χ1n) is 16.7. The summed E-state index contributed by atoms with van der Waals surface area (Å²) in [6.07, 6.45) is 7.29. The van der Waals surface area contributed by atoms with Gasteiger partial charge in [-0.3, -0.25) is 24.1 Å². The van der Waals surface area contributed by atoms with Gasteiger partial charge in [0.2, 0.25) is 17.5 Å². The number of hydrogen-bond donors (Lipinski definition) is 5. The van der Waals surface area contributed by atoms with Gasteiger partial charge in [-0.1, -0.05) is 66.7 Å². The van der Waals surface area contributed by atoms with Gasteiger partial charge in [-0.25, -0.2) is 9.78 Å². The number of hydrogen-bond acceptors (Lipinski definition) is 9. The van der Waals surface area contributed by atoms with Crippen LogP contribution in [0.15, 0.2) is 11.6 Å². The summed E-state index contributed by atoms with van der Waals surface area (Å²) < 4.78 is 0. The van der Waals surface area contributed by atoms with Crippen molar-refractivity contribution in [1.29, 1.82) is 0 Å². The number of amides is 4. The zero-order chi connectivity index (χ0) is 33.6. The van der Waals surface area contributed by atoms with Gasteiger partial charge in [0.15, 0.2) is 5.01 Å². The Hall–Kier alpha value is -2.90. The molecule has 6 N–H and O–H groups in total. The number of aliphatic hydroxyl groups excluding tert-OH is 1. The molecule has 1 aromatic rings. The van der Waals surface area contributed by atoms with Crippen LogP contribution in [-0.2, 0) is 14.4 Å². The number of piperidine rings is 1. The molecule has 1 aromatic heterocycles. The Balaban J connectivity index is 1.33. The normalized spacial score (nSPS) is 27.0. The van der Waals surface area contributed by atoms with Gasteiger partial charge in [0, 0.05) is 18.1 Å². The number of fused-ring (bicyclic) bond motifs is 1. The standard InChI is InChI=1S/C33H50N6O6S/c1-32(2,3)26(38-31(45)37-22(18-9-7-6-8-10-18)25(41)29-35-13-14-46-29)30(44)39-16-19-21(33(19,4)5)23(39)28(43)36-20(15-17-11-12-17)24(40)27(34)42/h13-14,17-23,26,30,44H,6-12,15-16H2,1-5H3,(H2,34,42)(H,36,43)(H2,37,38,45)/t19-,20?,21-,22-,23-,26+,30?/m0/s1. The summed E-state index contributed by atoms with van der Waals surface area (Å²) >= 11 is 1.25. The Morgan fingerprint density at radius 1 is 1.07 bits per heavy atom. The molecule has 12 nitrogen and oxygen atoms in total. The second-order valence-electron chi connectivity index (χ2n) is 15.5. The van der Waals surface area contributed by atoms with E-state index in [1.807, 2.05) is 20.8 Å². The third kappa shape index (κ3) is 7.31. The molecule has 46 heavy (non-hydrogen) atoms. The lowest BCUT2D eigenvalue weighted by Gasteiger charge is -2.42. The number of nitrogens with zero attached hydrogens (tertiary/aromatic N) is 2. The molecule has 254 valence electrons. The van der Waals surface area contributed by atoms with Crippen molar-refractivity contribution < 1.29 is 29.1 Å². The Bertz CT molecular complexity index is 1320. The quantitative estimate of drug-likeness (QED) is 0.158. The summed E-state index contributed by atoms with van der Waals surface area (Å²) in [7, 11) is 0. The summed E-state index contributed by atoms with van der Waals surface area (Å²) in [4.78, 5) is 71.4. The number of rotatable bonds is 13. The minimum atomic E-state index is -1.25. The van der Waals surface area contributed by atoms with Crippen LogP contribution in [-0.4, -0.2) is 81.3 Å². The van der Waals surface area contributed by atoms with Crippen LogP contribution in [0.5, 0.6) is 0 Å². The van der Waals surface area contributed by atoms with E-state index in [2.05, 4.69) is 34.8 Å². The zero-order valence-electron chi connectivity index (χ0n) is 27.6. The summed E-state index contributed by atoms with van der Waals surface area (Å²) in [5, 5.41) is 22.7. The van der Waals surface area contributed by atoms with E-state index in [1.165, 1.54) is 11.3 Å². The molecule has 4 fully saturated rings. The molecule has 3 aliphatic carbocycles. The highest BCUT2D eigenvalue weighted by Crippen LogP contribution is 2.65. The lowest BCUT2D eigenvalue weighted by Crippen LogP contribution is -2.64. The fourth-order valence-corrected chi connectivity index (χ4v) is 8.46. The monoisotopic (exact) mass is 658 g/mol. The second kappa shape index (κ2) is 13.3. The van der Waals surface area contributed by atoms with E-state index in [0.29, 0.717) is 18.0 Å². The van der Waals surface area contributed by atoms with E-state index in [9.17, 15) is 29.1 Å². The number of carbonyl (C=O) groups excluding carboxylic acids is 5. The fourth-order valence-electron chi connectivity index (χ4n) is 7.84. The van der Waals surface area contributed by atoms with Crippen molar-refractivity contribution in [3.05, 3.63) is 16.6 Å². The smallest absolute Gasteiger partial charge is 0.315 e. The molecule has 13 heteroatoms. The van der Waals surface area contributed by atoms with Crippen molar-refractivity contribution in [3.8, 4) is 0 Å². The van der Waals surface area contributed by atoms with Gasteiger partial charge in [-0.05, 0) is 53.8 Å². The van der Waals surface area contributed by atoms with E-state index >= 15 is 0 Å². The molecule has 5 rings (SSSR count). The summed E-state index contributed by atoms with van der Waals surface area (Å²) in [5.41, 5.74) is 4.53. The lowest BCUT2D eigenvalue weighted by molar-refractivity contribution is -0.141. The third-order valence-electron chi connectivity index (χ3n) is 10.8. The zero-order valence-corrected chi connectivity index (χ0v) is 28.4. The Kier molecular flexibility index (Phi) is 9.96. The SMILES string of the molecule is CC(C)(C)[C@H](NC(=O)N[C@H](C(=O)c1nccs1)C1CCCCC1)C(O)N1C[C@H]2[C@@H]([C@H]1C(=O)NC(CC1CC1)C(=O)C(N)=O)C2(C)C. The van der Waals surface area contributed by atoms with Gasteiger partial charge in [0.25, 0.3) is 5.91 Å². The molecular weight excluding hydrogens is 608 g/mol. The first-order chi connectivity index (χ1) is 21.6. The lowest BCUT2D eigenvalue weighted by atomic mass is 9.82. The van der Waals surface area contributed by atoms with Crippen molar-refractivity contribution in [2.24, 2.45) is 40.2 Å². The van der Waals surface area contributed by atoms with Gasteiger partial charge >= 0.3 is 6.03 Å². The first-order valence-corrected chi connectivity index (χ1v) is 17.6. The van der Waals surface area contributed by atoms with Gasteiger partial charge in [0.1, 0.15) is 6.23 Å². The summed E-state index contributed by atoms with van der Waals surface area (Å²) in [6.45, 7) is 10.3. The minimum Gasteiger partial charge on any atom is -0.376 e. The number of urea groups is 1. The van der Waals surface area contributed by atoms with Crippen molar-refractivity contribution in [2.45, 2.75) is 116 Å². The van der Waals surface area contributed by atoms with Crippen molar-refractivity contribution >= 4 is 40.7 Å². The number of aromatic nitrogens is 1. The molecule has 3 saturated carbocycles. The molecular formula is C33H50N6O6S. The number of thiazole rings is 1. The average molecular weight is 659 g/mol. The van der Waals surface area contributed by atoms with E-state index in [-0.39, 0.29) is 34.9 Å². The van der Waals surface area contributed by atoms with Crippen LogP contribution < -0.4 is 21.7 Å². The maximum absolute atomic E-state index is 13.9. The van der Waals surface area contributed by atoms with Crippen molar-refractivity contribution in [3.63, 3.8) is 0 Å². The van der Waals surface area contributed by atoms with Gasteiger partial charge in [0.05, 0.1) is 24.2 Å². The molecule has 2 unspecified atom stereocenters. The molecule has 0 spiro atoms. The van der Waals surface area contributed by atoms with Crippen LogP contribution >= 0.6 is 11.3 Å². The molecule has 4 amide bonds. The van der Waals surface area contributed by atoms with Crippen molar-refractivity contribution in [1.82, 2.24) is 25.8 Å². The third-order valence-corrected chi connectivity index (χ3v) is 11.6. The minimum absolute atomic E-state index is 0.0124. The number of ketones is 2. The number of likely N-dealkylation sites (tertiary alicyclic amines) is 1. The van der Waals surface area contributed by atoms with Gasteiger partial charge in [-0.15, -0.1) is 11.3 Å². The number of nitrogens with one attached hydrogen (secondary N) is 3. The molecule has 4 aliphatic rings. The predicted octanol–water partition coefficient (Wildman–Crippen LogP) is 2.60. The highest BCUT2D eigenvalue weighted by atomic mass is 32.1. The summed E-state index contributed by atoms with van der Waals surface area (Å²) in [6, 6.07) is -3.91. The largest absolute Gasteiger partial charge is 0.376 e. The topological polar surface area (TPSA) is 184 Å². The Morgan fingerprint density at radius 3 is 2.30 bits per heavy atom. The van der Waals surface area contributed by atoms with E-state index < -0.39 is 59.4 Å². The second-order valence-corrected chi connectivity index (χ2v) is 16.4. The number of Topliss-reactive ketones (excluding diaryl/α,β-unsaturated/α-hetero) is 2. The van der Waals surface area contributed by atoms with Crippen LogP contribution in [0.4, 0.5) is 4.79 Å². The predicted molar refractivity (Wildman–Crippen MR) is 172 cm³/mol. The van der Waals surface area contributed by atoms with Gasteiger partial charge < -0.3 is 26.8 Å². The average Bonchev–Trinajstić information content (AvgIpc) is 3.70. The Morgan fingerprint density at radius 2 is 1.74 bits per heavy atom. The fraction of sp³-hybridized carbons (Fsp3) is 0.758. The molecule has 1 saturated heterocycles. The number of carbonyl (C=O) groups is 5. The number of aliphatic hydroxyl groups is 1. The van der Waals surface area contributed by atoms with Crippen LogP contribution in [0.25, 0.3) is 0 Å². The van der Waals surface area contributed by atoms with E-state index in [4.69, 9.17) is 5.73 Å². The van der Waals surface area contributed by atoms with Crippen LogP contribution in [0.2, 0.25) is 0 Å². The van der Waals surface area contributed by atoms with Gasteiger partial charge in [-0.2, -0.15) is 0 Å². The Labute approximate surface area is 275 Å². The first kappa shape index (κ1) is 34.4. The molecule has 7 atom stereocenters. The van der Waals surface area contributed by atoms with E-state index in [0.717, 1.165) is 44.9 Å². The molecule has 0 aromatic carbocycles. The van der Waals surface area contributed by atoms with Crippen LogP contribution in [0, 0.1) is 34.5 Å². The van der Waals surface area contributed by atoms with E-state index in [1.54, 1.807) is 16.5 Å². The number of nitrogens with two attached hydrogens (primary N) is 1. The van der Waals surface area contributed by atoms with Crippen LogP contribution in [0.3, 0.4) is 0 Å².